The fourth-order valence-corrected chi connectivity index (χ4v) is 2.52. The molecule has 0 aliphatic rings. The highest BCUT2D eigenvalue weighted by atomic mass is 19.4. The summed E-state index contributed by atoms with van der Waals surface area (Å²) in [7, 11) is 0. The molecule has 2 aromatic heterocycles. The first-order chi connectivity index (χ1) is 10.9. The quantitative estimate of drug-likeness (QED) is 0.777. The van der Waals surface area contributed by atoms with Crippen molar-refractivity contribution in [1.29, 1.82) is 0 Å². The van der Waals surface area contributed by atoms with Crippen molar-refractivity contribution in [2.45, 2.75) is 12.6 Å². The number of nitrogens with two attached hydrogens (primary N) is 1. The van der Waals surface area contributed by atoms with Crippen LogP contribution in [0.2, 0.25) is 0 Å². The standard InChI is InChI=1S/C16H12F3N3O/c17-16(18,19)13-4-2-1-3-11(13)9-5-12-10(6-14(20)23)8-22-15(12)21-7-9/h1-5,7-8H,6H2,(H2,20,23)(H,21,22). The Hall–Kier alpha value is -2.83. The smallest absolute Gasteiger partial charge is 0.369 e. The van der Waals surface area contributed by atoms with E-state index in [9.17, 15) is 18.0 Å². The summed E-state index contributed by atoms with van der Waals surface area (Å²) in [4.78, 5) is 18.1. The van der Waals surface area contributed by atoms with Crippen LogP contribution in [0.25, 0.3) is 22.2 Å². The first-order valence-electron chi connectivity index (χ1n) is 6.77. The highest BCUT2D eigenvalue weighted by molar-refractivity contribution is 5.89. The predicted molar refractivity (Wildman–Crippen MR) is 79.4 cm³/mol. The Morgan fingerprint density at radius 3 is 2.70 bits per heavy atom. The second kappa shape index (κ2) is 5.42. The average molecular weight is 319 g/mol. The van der Waals surface area contributed by atoms with Gasteiger partial charge in [0.2, 0.25) is 5.91 Å². The number of aromatic amines is 1. The zero-order valence-electron chi connectivity index (χ0n) is 11.8. The number of carbonyl (C=O) groups is 1. The van der Waals surface area contributed by atoms with Crippen molar-refractivity contribution in [3.05, 3.63) is 53.9 Å². The molecule has 0 saturated heterocycles. The molecule has 0 unspecified atom stereocenters. The third-order valence-corrected chi connectivity index (χ3v) is 3.52. The molecule has 3 rings (SSSR count). The Kier molecular flexibility index (Phi) is 3.55. The van der Waals surface area contributed by atoms with Crippen LogP contribution in [0.5, 0.6) is 0 Å². The van der Waals surface area contributed by atoms with Crippen LogP contribution in [0.1, 0.15) is 11.1 Å². The van der Waals surface area contributed by atoms with Crippen molar-refractivity contribution in [2.75, 3.05) is 0 Å². The number of H-pyrrole nitrogens is 1. The van der Waals surface area contributed by atoms with Gasteiger partial charge >= 0.3 is 6.18 Å². The number of carbonyl (C=O) groups excluding carboxylic acids is 1. The second-order valence-electron chi connectivity index (χ2n) is 5.12. The number of pyridine rings is 1. The summed E-state index contributed by atoms with van der Waals surface area (Å²) in [5, 5.41) is 0.582. The average Bonchev–Trinajstić information content (AvgIpc) is 2.88. The summed E-state index contributed by atoms with van der Waals surface area (Å²) >= 11 is 0. The minimum absolute atomic E-state index is 0.00789. The maximum Gasteiger partial charge on any atom is 0.417 e. The molecular weight excluding hydrogens is 307 g/mol. The summed E-state index contributed by atoms with van der Waals surface area (Å²) in [6, 6.07) is 6.89. The number of hydrogen-bond donors (Lipinski definition) is 2. The fourth-order valence-electron chi connectivity index (χ4n) is 2.52. The van der Waals surface area contributed by atoms with E-state index in [-0.39, 0.29) is 12.0 Å². The maximum atomic E-state index is 13.2. The van der Waals surface area contributed by atoms with Gasteiger partial charge in [-0.15, -0.1) is 0 Å². The van der Waals surface area contributed by atoms with Gasteiger partial charge in [0, 0.05) is 23.3 Å². The molecule has 0 spiro atoms. The van der Waals surface area contributed by atoms with E-state index in [1.807, 2.05) is 0 Å². The lowest BCUT2D eigenvalue weighted by atomic mass is 9.99. The molecule has 118 valence electrons. The van der Waals surface area contributed by atoms with Crippen molar-refractivity contribution in [3.8, 4) is 11.1 Å². The van der Waals surface area contributed by atoms with Crippen molar-refractivity contribution in [3.63, 3.8) is 0 Å². The summed E-state index contributed by atoms with van der Waals surface area (Å²) in [5.41, 5.74) is 5.92. The van der Waals surface area contributed by atoms with Gasteiger partial charge in [0.1, 0.15) is 5.65 Å². The molecule has 1 amide bonds. The lowest BCUT2D eigenvalue weighted by Crippen LogP contribution is -2.13. The Labute approximate surface area is 129 Å². The monoisotopic (exact) mass is 319 g/mol. The van der Waals surface area contributed by atoms with Crippen LogP contribution in [0, 0.1) is 0 Å². The highest BCUT2D eigenvalue weighted by Crippen LogP contribution is 2.37. The molecule has 4 nitrogen and oxygen atoms in total. The van der Waals surface area contributed by atoms with Crippen LogP contribution >= 0.6 is 0 Å². The van der Waals surface area contributed by atoms with Crippen molar-refractivity contribution < 1.29 is 18.0 Å². The zero-order chi connectivity index (χ0) is 16.6. The third-order valence-electron chi connectivity index (χ3n) is 3.52. The molecule has 23 heavy (non-hydrogen) atoms. The largest absolute Gasteiger partial charge is 0.417 e. The van der Waals surface area contributed by atoms with Crippen molar-refractivity contribution >= 4 is 16.9 Å². The van der Waals surface area contributed by atoms with Crippen LogP contribution < -0.4 is 5.73 Å². The Morgan fingerprint density at radius 1 is 1.26 bits per heavy atom. The van der Waals surface area contributed by atoms with Crippen LogP contribution in [0.4, 0.5) is 13.2 Å². The molecule has 3 aromatic rings. The van der Waals surface area contributed by atoms with E-state index >= 15 is 0 Å². The minimum atomic E-state index is -4.46. The molecule has 0 fully saturated rings. The molecular formula is C16H12F3N3O. The number of nitrogens with one attached hydrogen (secondary N) is 1. The van der Waals surface area contributed by atoms with Crippen LogP contribution in [-0.2, 0) is 17.4 Å². The van der Waals surface area contributed by atoms with Gasteiger partial charge in [-0.1, -0.05) is 18.2 Å². The maximum absolute atomic E-state index is 13.2. The first kappa shape index (κ1) is 15.1. The van der Waals surface area contributed by atoms with Gasteiger partial charge in [-0.2, -0.15) is 13.2 Å². The number of fused-ring (bicyclic) bond motifs is 1. The van der Waals surface area contributed by atoms with Gasteiger partial charge in [-0.25, -0.2) is 4.98 Å². The number of amides is 1. The number of benzene rings is 1. The van der Waals surface area contributed by atoms with Gasteiger partial charge in [0.15, 0.2) is 0 Å². The highest BCUT2D eigenvalue weighted by Gasteiger charge is 2.33. The third kappa shape index (κ3) is 2.90. The van der Waals surface area contributed by atoms with Crippen LogP contribution in [0.3, 0.4) is 0 Å². The van der Waals surface area contributed by atoms with E-state index in [2.05, 4.69) is 9.97 Å². The molecule has 0 radical (unpaired) electrons. The van der Waals surface area contributed by atoms with Gasteiger partial charge in [0.05, 0.1) is 12.0 Å². The molecule has 2 heterocycles. The topological polar surface area (TPSA) is 71.8 Å². The molecule has 0 aliphatic carbocycles. The van der Waals surface area contributed by atoms with E-state index in [0.717, 1.165) is 6.07 Å². The van der Waals surface area contributed by atoms with Crippen LogP contribution in [-0.4, -0.2) is 15.9 Å². The Balaban J connectivity index is 2.16. The number of aromatic nitrogens is 2. The number of nitrogens with zero attached hydrogens (tertiary/aromatic N) is 1. The number of alkyl halides is 3. The Morgan fingerprint density at radius 2 is 2.00 bits per heavy atom. The molecule has 0 aliphatic heterocycles. The van der Waals surface area contributed by atoms with Crippen molar-refractivity contribution in [2.24, 2.45) is 5.73 Å². The normalized spacial score (nSPS) is 11.8. The molecule has 0 bridgehead atoms. The lowest BCUT2D eigenvalue weighted by Gasteiger charge is -2.12. The summed E-state index contributed by atoms with van der Waals surface area (Å²) < 4.78 is 39.5. The van der Waals surface area contributed by atoms with E-state index < -0.39 is 17.6 Å². The number of hydrogen-bond acceptors (Lipinski definition) is 2. The number of primary amides is 1. The molecule has 1 aromatic carbocycles. The molecule has 3 N–H and O–H groups in total. The van der Waals surface area contributed by atoms with E-state index in [4.69, 9.17) is 5.73 Å². The summed E-state index contributed by atoms with van der Waals surface area (Å²) in [6.07, 6.45) is -1.51. The van der Waals surface area contributed by atoms with Gasteiger partial charge in [-0.3, -0.25) is 4.79 Å². The molecule has 0 saturated carbocycles. The van der Waals surface area contributed by atoms with Gasteiger partial charge in [-0.05, 0) is 23.3 Å². The fraction of sp³-hybridized carbons (Fsp3) is 0.125. The SMILES string of the molecule is NC(=O)Cc1c[nH]c2ncc(-c3ccccc3C(F)(F)F)cc12. The number of halogens is 3. The summed E-state index contributed by atoms with van der Waals surface area (Å²) in [5.74, 6) is -0.521. The summed E-state index contributed by atoms with van der Waals surface area (Å²) in [6.45, 7) is 0. The number of rotatable bonds is 3. The Bertz CT molecular complexity index is 884. The lowest BCUT2D eigenvalue weighted by molar-refractivity contribution is -0.137. The van der Waals surface area contributed by atoms with Gasteiger partial charge < -0.3 is 10.7 Å². The second-order valence-corrected chi connectivity index (χ2v) is 5.12. The van der Waals surface area contributed by atoms with E-state index in [1.54, 1.807) is 12.3 Å². The van der Waals surface area contributed by atoms with Gasteiger partial charge in [0.25, 0.3) is 0 Å². The first-order valence-corrected chi connectivity index (χ1v) is 6.77. The van der Waals surface area contributed by atoms with E-state index in [0.29, 0.717) is 22.2 Å². The molecule has 0 atom stereocenters. The predicted octanol–water partition coefficient (Wildman–Crippen LogP) is 3.28. The van der Waals surface area contributed by atoms with Crippen molar-refractivity contribution in [1.82, 2.24) is 9.97 Å². The van der Waals surface area contributed by atoms with E-state index in [1.165, 1.54) is 24.4 Å². The molecule has 7 heteroatoms. The zero-order valence-corrected chi connectivity index (χ0v) is 11.8. The van der Waals surface area contributed by atoms with Crippen LogP contribution in [0.15, 0.2) is 42.7 Å². The minimum Gasteiger partial charge on any atom is -0.369 e.